The number of rotatable bonds is 1. The molecule has 15 heavy (non-hydrogen) atoms. The van der Waals surface area contributed by atoms with Crippen LogP contribution in [0.1, 0.15) is 25.0 Å². The molecule has 0 saturated carbocycles. The van der Waals surface area contributed by atoms with Gasteiger partial charge < -0.3 is 5.11 Å². The third kappa shape index (κ3) is 2.52. The Morgan fingerprint density at radius 3 is 2.13 bits per heavy atom. The molecule has 1 nitrogen and oxygen atoms in total. The fourth-order valence-electron chi connectivity index (χ4n) is 1.25. The van der Waals surface area contributed by atoms with Gasteiger partial charge in [0.2, 0.25) is 0 Å². The first-order valence-electron chi connectivity index (χ1n) is 4.37. The van der Waals surface area contributed by atoms with Gasteiger partial charge in [0.1, 0.15) is 0 Å². The van der Waals surface area contributed by atoms with Crippen LogP contribution in [0.3, 0.4) is 0 Å². The summed E-state index contributed by atoms with van der Waals surface area (Å²) >= 11 is 0. The molecule has 0 fully saturated rings. The van der Waals surface area contributed by atoms with Crippen molar-refractivity contribution in [3.05, 3.63) is 41.2 Å². The van der Waals surface area contributed by atoms with Gasteiger partial charge >= 0.3 is 6.18 Å². The maximum atomic E-state index is 12.6. The first-order chi connectivity index (χ1) is 6.84. The second-order valence-corrected chi connectivity index (χ2v) is 3.25. The van der Waals surface area contributed by atoms with Gasteiger partial charge in [0, 0.05) is 0 Å². The Morgan fingerprint density at radius 1 is 1.13 bits per heavy atom. The number of benzene rings is 1. The summed E-state index contributed by atoms with van der Waals surface area (Å²) in [5.74, 6) is -0.105. The van der Waals surface area contributed by atoms with Crippen molar-refractivity contribution >= 4 is 5.57 Å². The van der Waals surface area contributed by atoms with E-state index in [2.05, 4.69) is 0 Å². The van der Waals surface area contributed by atoms with Crippen LogP contribution in [0.2, 0.25) is 0 Å². The van der Waals surface area contributed by atoms with E-state index in [-0.39, 0.29) is 16.9 Å². The Morgan fingerprint density at radius 2 is 1.67 bits per heavy atom. The van der Waals surface area contributed by atoms with Gasteiger partial charge in [-0.05, 0) is 31.1 Å². The minimum atomic E-state index is -4.40. The Kier molecular flexibility index (Phi) is 3.07. The Labute approximate surface area is 85.9 Å². The first kappa shape index (κ1) is 11.6. The molecule has 0 unspecified atom stereocenters. The molecule has 0 radical (unpaired) electrons. The quantitative estimate of drug-likeness (QED) is 0.703. The summed E-state index contributed by atoms with van der Waals surface area (Å²) < 4.78 is 37.7. The topological polar surface area (TPSA) is 20.2 Å². The molecular formula is C11H11F3O. The fraction of sp³-hybridized carbons (Fsp3) is 0.273. The van der Waals surface area contributed by atoms with E-state index < -0.39 is 11.7 Å². The van der Waals surface area contributed by atoms with Gasteiger partial charge in [0.05, 0.1) is 11.3 Å². The van der Waals surface area contributed by atoms with Gasteiger partial charge in [0.25, 0.3) is 0 Å². The summed E-state index contributed by atoms with van der Waals surface area (Å²) in [6.45, 7) is 2.82. The molecule has 0 aliphatic rings. The molecule has 0 aromatic heterocycles. The molecule has 82 valence electrons. The molecule has 4 heteroatoms. The van der Waals surface area contributed by atoms with Crippen LogP contribution in [0.4, 0.5) is 13.2 Å². The largest absolute Gasteiger partial charge is 0.512 e. The summed E-state index contributed by atoms with van der Waals surface area (Å²) in [4.78, 5) is 0. The molecule has 0 atom stereocenters. The second kappa shape index (κ2) is 3.96. The predicted octanol–water partition coefficient (Wildman–Crippen LogP) is 4.01. The molecule has 0 saturated heterocycles. The number of hydrogen-bond acceptors (Lipinski definition) is 1. The third-order valence-electron chi connectivity index (χ3n) is 2.18. The van der Waals surface area contributed by atoms with Crippen molar-refractivity contribution in [3.63, 3.8) is 0 Å². The summed E-state index contributed by atoms with van der Waals surface area (Å²) in [5, 5.41) is 9.18. The van der Waals surface area contributed by atoms with Crippen LogP contribution >= 0.6 is 0 Å². The zero-order valence-corrected chi connectivity index (χ0v) is 8.39. The van der Waals surface area contributed by atoms with E-state index in [1.54, 1.807) is 0 Å². The Hall–Kier alpha value is -1.45. The van der Waals surface area contributed by atoms with Crippen LogP contribution in [0.15, 0.2) is 30.0 Å². The van der Waals surface area contributed by atoms with E-state index in [4.69, 9.17) is 0 Å². The molecule has 0 spiro atoms. The highest BCUT2D eigenvalue weighted by molar-refractivity contribution is 5.68. The molecule has 0 heterocycles. The number of allylic oxidation sites excluding steroid dienone is 2. The lowest BCUT2D eigenvalue weighted by atomic mass is 10.00. The molecule has 1 rings (SSSR count). The smallest absolute Gasteiger partial charge is 0.416 e. The minimum absolute atomic E-state index is 0.0185. The molecule has 0 aliphatic carbocycles. The fourth-order valence-corrected chi connectivity index (χ4v) is 1.25. The van der Waals surface area contributed by atoms with E-state index in [1.165, 1.54) is 32.0 Å². The normalized spacial score (nSPS) is 13.7. The van der Waals surface area contributed by atoms with Crippen molar-refractivity contribution in [2.24, 2.45) is 0 Å². The Balaban J connectivity index is 3.38. The van der Waals surface area contributed by atoms with Gasteiger partial charge in [-0.15, -0.1) is 0 Å². The minimum Gasteiger partial charge on any atom is -0.512 e. The highest BCUT2D eigenvalue weighted by Crippen LogP contribution is 2.35. The van der Waals surface area contributed by atoms with Crippen LogP contribution in [-0.4, -0.2) is 5.11 Å². The number of aliphatic hydroxyl groups is 1. The number of hydrogen-bond donors (Lipinski definition) is 1. The summed E-state index contributed by atoms with van der Waals surface area (Å²) in [5.41, 5.74) is -0.469. The molecule has 1 aromatic carbocycles. The van der Waals surface area contributed by atoms with Crippen molar-refractivity contribution in [1.29, 1.82) is 0 Å². The molecule has 0 aliphatic heterocycles. The second-order valence-electron chi connectivity index (χ2n) is 3.25. The lowest BCUT2D eigenvalue weighted by Crippen LogP contribution is -2.08. The van der Waals surface area contributed by atoms with Gasteiger partial charge in [-0.3, -0.25) is 0 Å². The lowest BCUT2D eigenvalue weighted by Gasteiger charge is -2.13. The van der Waals surface area contributed by atoms with E-state index in [0.717, 1.165) is 6.07 Å². The highest BCUT2D eigenvalue weighted by atomic mass is 19.4. The summed E-state index contributed by atoms with van der Waals surface area (Å²) in [7, 11) is 0. The Bertz CT molecular complexity index is 387. The lowest BCUT2D eigenvalue weighted by molar-refractivity contribution is -0.137. The van der Waals surface area contributed by atoms with E-state index >= 15 is 0 Å². The molecule has 1 N–H and O–H groups in total. The van der Waals surface area contributed by atoms with Crippen molar-refractivity contribution in [3.8, 4) is 0 Å². The van der Waals surface area contributed by atoms with Crippen molar-refractivity contribution in [1.82, 2.24) is 0 Å². The average molecular weight is 216 g/mol. The van der Waals surface area contributed by atoms with Crippen molar-refractivity contribution in [2.75, 3.05) is 0 Å². The average Bonchev–Trinajstić information content (AvgIpc) is 2.15. The molecule has 0 amide bonds. The van der Waals surface area contributed by atoms with Gasteiger partial charge in [-0.2, -0.15) is 13.2 Å². The number of aliphatic hydroxyl groups excluding tert-OH is 1. The van der Waals surface area contributed by atoms with Gasteiger partial charge in [0.15, 0.2) is 0 Å². The van der Waals surface area contributed by atoms with E-state index in [9.17, 15) is 18.3 Å². The third-order valence-corrected chi connectivity index (χ3v) is 2.18. The zero-order chi connectivity index (χ0) is 11.6. The maximum absolute atomic E-state index is 12.6. The van der Waals surface area contributed by atoms with E-state index in [0.29, 0.717) is 0 Å². The summed E-state index contributed by atoms with van der Waals surface area (Å²) in [6.07, 6.45) is -4.40. The molecule has 0 bridgehead atoms. The predicted molar refractivity (Wildman–Crippen MR) is 52.3 cm³/mol. The van der Waals surface area contributed by atoms with Crippen molar-refractivity contribution < 1.29 is 18.3 Å². The number of alkyl halides is 3. The van der Waals surface area contributed by atoms with Crippen LogP contribution in [0, 0.1) is 0 Å². The van der Waals surface area contributed by atoms with E-state index in [1.807, 2.05) is 0 Å². The van der Waals surface area contributed by atoms with Crippen molar-refractivity contribution in [2.45, 2.75) is 20.0 Å². The SMILES string of the molecule is C/C(O)=C(\C)c1ccccc1C(F)(F)F. The van der Waals surface area contributed by atoms with Gasteiger partial charge in [-0.25, -0.2) is 0 Å². The van der Waals surface area contributed by atoms with Crippen LogP contribution in [-0.2, 0) is 6.18 Å². The first-order valence-corrected chi connectivity index (χ1v) is 4.37. The highest BCUT2D eigenvalue weighted by Gasteiger charge is 2.33. The molecular weight excluding hydrogens is 205 g/mol. The summed E-state index contributed by atoms with van der Waals surface area (Å²) in [6, 6.07) is 5.18. The number of halogens is 3. The zero-order valence-electron chi connectivity index (χ0n) is 8.39. The van der Waals surface area contributed by atoms with Gasteiger partial charge in [-0.1, -0.05) is 18.2 Å². The maximum Gasteiger partial charge on any atom is 0.416 e. The molecule has 1 aromatic rings. The van der Waals surface area contributed by atoms with Crippen LogP contribution in [0.5, 0.6) is 0 Å². The standard InChI is InChI=1S/C11H11F3O/c1-7(8(2)15)9-5-3-4-6-10(9)11(12,13)14/h3-6,15H,1-2H3/b8-7-. The van der Waals surface area contributed by atoms with Crippen LogP contribution < -0.4 is 0 Å². The monoisotopic (exact) mass is 216 g/mol. The van der Waals surface area contributed by atoms with Crippen LogP contribution in [0.25, 0.3) is 5.57 Å².